The Labute approximate surface area is 65.5 Å². The number of thiol groups is 1. The molecule has 0 bridgehead atoms. The van der Waals surface area contributed by atoms with Crippen molar-refractivity contribution in [2.45, 2.75) is 18.1 Å². The predicted molar refractivity (Wildman–Crippen MR) is 33.5 cm³/mol. The van der Waals surface area contributed by atoms with Crippen LogP contribution < -0.4 is 0 Å². The molecule has 66 valence electrons. The third-order valence-corrected chi connectivity index (χ3v) is 1.07. The lowest BCUT2D eigenvalue weighted by Crippen LogP contribution is -2.04. The molecule has 11 heavy (non-hydrogen) atoms. The normalized spacial score (nSPS) is 11.5. The zero-order valence-electron chi connectivity index (χ0n) is 5.25. The topological polar surface area (TPSA) is 0 Å². The summed E-state index contributed by atoms with van der Waals surface area (Å²) in [5, 5.41) is -3.40. The Morgan fingerprint density at radius 3 is 1.91 bits per heavy atom. The van der Waals surface area contributed by atoms with Gasteiger partial charge in [0.05, 0.1) is 0 Å². The van der Waals surface area contributed by atoms with Gasteiger partial charge in [0.2, 0.25) is 0 Å². The highest BCUT2D eigenvalue weighted by Gasteiger charge is 2.23. The first-order valence-electron chi connectivity index (χ1n) is 2.63. The molecule has 6 heteroatoms. The van der Waals surface area contributed by atoms with E-state index in [1.807, 2.05) is 0 Å². The van der Waals surface area contributed by atoms with Gasteiger partial charge in [0.15, 0.2) is 5.83 Å². The average Bonchev–Trinajstić information content (AvgIpc) is 1.80. The molecule has 0 aliphatic heterocycles. The molecule has 0 aromatic carbocycles. The summed E-state index contributed by atoms with van der Waals surface area (Å²) in [5.41, 5.74) is 0. The van der Waals surface area contributed by atoms with Crippen molar-refractivity contribution < 1.29 is 22.0 Å². The smallest absolute Gasteiger partial charge is 0.206 e. The molecule has 0 aliphatic carbocycles. The van der Waals surface area contributed by atoms with Gasteiger partial charge in [-0.25, -0.2) is 4.39 Å². The molecule has 0 atom stereocenters. The van der Waals surface area contributed by atoms with Crippen molar-refractivity contribution in [2.24, 2.45) is 0 Å². The molecule has 0 rings (SSSR count). The highest BCUT2D eigenvalue weighted by atomic mass is 32.1. The number of rotatable bonds is 3. The first-order chi connectivity index (χ1) is 4.83. The van der Waals surface area contributed by atoms with E-state index in [-0.39, 0.29) is 0 Å². The maximum Gasteiger partial charge on any atom is 0.301 e. The molecule has 0 N–H and O–H groups in total. The Bertz CT molecular complexity index is 155. The second kappa shape index (κ2) is 3.94. The van der Waals surface area contributed by atoms with Gasteiger partial charge < -0.3 is 0 Å². The minimum Gasteiger partial charge on any atom is -0.206 e. The van der Waals surface area contributed by atoms with Crippen LogP contribution in [0.25, 0.3) is 0 Å². The summed E-state index contributed by atoms with van der Waals surface area (Å²) < 4.78 is 57.8. The van der Waals surface area contributed by atoms with E-state index in [0.717, 1.165) is 0 Å². The molecule has 0 aromatic rings. The van der Waals surface area contributed by atoms with E-state index < -0.39 is 30.0 Å². The third kappa shape index (κ3) is 6.15. The quantitative estimate of drug-likeness (QED) is 0.514. The van der Waals surface area contributed by atoms with Crippen molar-refractivity contribution in [1.29, 1.82) is 0 Å². The summed E-state index contributed by atoms with van der Waals surface area (Å²) in [7, 11) is 0. The molecule has 0 amide bonds. The van der Waals surface area contributed by atoms with Crippen molar-refractivity contribution in [3.63, 3.8) is 0 Å². The monoisotopic (exact) mass is 192 g/mol. The van der Waals surface area contributed by atoms with Crippen molar-refractivity contribution in [2.75, 3.05) is 0 Å². The van der Waals surface area contributed by atoms with E-state index in [2.05, 4.69) is 12.6 Å². The van der Waals surface area contributed by atoms with Crippen LogP contribution in [0.5, 0.6) is 0 Å². The van der Waals surface area contributed by atoms with Gasteiger partial charge in [-0.2, -0.15) is 17.6 Å². The molecule has 0 saturated carbocycles. The summed E-state index contributed by atoms with van der Waals surface area (Å²) >= 11 is 2.73. The molecule has 0 spiro atoms. The zero-order chi connectivity index (χ0) is 9.07. The van der Waals surface area contributed by atoms with Crippen LogP contribution in [0.15, 0.2) is 11.9 Å². The van der Waals surface area contributed by atoms with E-state index in [0.29, 0.717) is 0 Å². The Morgan fingerprint density at radius 1 is 1.18 bits per heavy atom. The molecule has 0 aromatic heterocycles. The fraction of sp³-hybridized carbons (Fsp3) is 0.600. The van der Waals surface area contributed by atoms with Crippen LogP contribution >= 0.6 is 12.6 Å². The summed E-state index contributed by atoms with van der Waals surface area (Å²) in [4.78, 5) is 0. The predicted octanol–water partition coefficient (Wildman–Crippen LogP) is 3.37. The van der Waals surface area contributed by atoms with E-state index in [9.17, 15) is 22.0 Å². The number of halogens is 5. The third-order valence-electron chi connectivity index (χ3n) is 0.850. The van der Waals surface area contributed by atoms with Gasteiger partial charge in [0.1, 0.15) is 0 Å². The molecular formula is C5H5F5S. The SMILES string of the molecule is FC(F)=C(F)CCC(F)(F)S. The maximum atomic E-state index is 11.8. The molecule has 0 heterocycles. The first-order valence-corrected chi connectivity index (χ1v) is 3.07. The molecule has 0 radical (unpaired) electrons. The Hall–Kier alpha value is -0.260. The Kier molecular flexibility index (Phi) is 3.85. The van der Waals surface area contributed by atoms with Crippen LogP contribution in [-0.2, 0) is 0 Å². The summed E-state index contributed by atoms with van der Waals surface area (Å²) in [6.45, 7) is 0. The van der Waals surface area contributed by atoms with Crippen LogP contribution in [-0.4, -0.2) is 5.25 Å². The van der Waals surface area contributed by atoms with E-state index in [4.69, 9.17) is 0 Å². The van der Waals surface area contributed by atoms with Gasteiger partial charge in [0, 0.05) is 12.8 Å². The largest absolute Gasteiger partial charge is 0.301 e. The highest BCUT2D eigenvalue weighted by molar-refractivity contribution is 7.81. The highest BCUT2D eigenvalue weighted by Crippen LogP contribution is 2.27. The standard InChI is InChI=1S/C5H5F5S/c6-3(4(7)8)1-2-5(9,10)11/h11H,1-2H2. The summed E-state index contributed by atoms with van der Waals surface area (Å²) in [6.07, 6.45) is -4.57. The van der Waals surface area contributed by atoms with Gasteiger partial charge in [0.25, 0.3) is 5.25 Å². The second-order valence-corrected chi connectivity index (χ2v) is 2.49. The summed E-state index contributed by atoms with van der Waals surface area (Å²) in [6, 6.07) is 0. The fourth-order valence-corrected chi connectivity index (χ4v) is 0.466. The average molecular weight is 192 g/mol. The van der Waals surface area contributed by atoms with Crippen LogP contribution in [0.4, 0.5) is 22.0 Å². The van der Waals surface area contributed by atoms with E-state index in [1.165, 1.54) is 0 Å². The number of hydrogen-bond acceptors (Lipinski definition) is 1. The molecule has 0 nitrogen and oxygen atoms in total. The van der Waals surface area contributed by atoms with Gasteiger partial charge in [-0.1, -0.05) is 0 Å². The van der Waals surface area contributed by atoms with Crippen LogP contribution in [0.2, 0.25) is 0 Å². The van der Waals surface area contributed by atoms with Gasteiger partial charge in [-0.05, 0) is 0 Å². The second-order valence-electron chi connectivity index (χ2n) is 1.83. The molecular weight excluding hydrogens is 187 g/mol. The van der Waals surface area contributed by atoms with Crippen LogP contribution in [0.3, 0.4) is 0 Å². The zero-order valence-corrected chi connectivity index (χ0v) is 6.15. The first kappa shape index (κ1) is 10.7. The number of alkyl halides is 2. The minimum absolute atomic E-state index is 0.987. The molecule has 0 saturated heterocycles. The van der Waals surface area contributed by atoms with Gasteiger partial charge in [-0.15, -0.1) is 12.6 Å². The minimum atomic E-state index is -3.40. The lowest BCUT2D eigenvalue weighted by Gasteiger charge is -2.06. The van der Waals surface area contributed by atoms with Crippen molar-refractivity contribution in [1.82, 2.24) is 0 Å². The van der Waals surface area contributed by atoms with Crippen molar-refractivity contribution in [3.05, 3.63) is 11.9 Å². The van der Waals surface area contributed by atoms with Gasteiger partial charge >= 0.3 is 6.08 Å². The molecule has 0 unspecified atom stereocenters. The Balaban J connectivity index is 3.82. The summed E-state index contributed by atoms with van der Waals surface area (Å²) in [5.74, 6) is -1.81. The maximum absolute atomic E-state index is 11.8. The van der Waals surface area contributed by atoms with E-state index >= 15 is 0 Å². The molecule has 0 aliphatic rings. The van der Waals surface area contributed by atoms with Crippen molar-refractivity contribution in [3.8, 4) is 0 Å². The lowest BCUT2D eigenvalue weighted by molar-refractivity contribution is 0.0960. The van der Waals surface area contributed by atoms with Crippen LogP contribution in [0, 0.1) is 0 Å². The van der Waals surface area contributed by atoms with E-state index in [1.54, 1.807) is 0 Å². The number of allylic oxidation sites excluding steroid dienone is 1. The lowest BCUT2D eigenvalue weighted by atomic mass is 10.3. The number of hydrogen-bond donors (Lipinski definition) is 1. The van der Waals surface area contributed by atoms with Crippen molar-refractivity contribution >= 4 is 12.6 Å². The molecule has 0 fully saturated rings. The van der Waals surface area contributed by atoms with Crippen LogP contribution in [0.1, 0.15) is 12.8 Å². The van der Waals surface area contributed by atoms with Gasteiger partial charge in [-0.3, -0.25) is 0 Å². The Morgan fingerprint density at radius 2 is 1.64 bits per heavy atom. The fourth-order valence-electron chi connectivity index (χ4n) is 0.355.